The molecule has 1 saturated carbocycles. The minimum absolute atomic E-state index is 0.0116. The zero-order chi connectivity index (χ0) is 19.1. The van der Waals surface area contributed by atoms with Crippen molar-refractivity contribution in [2.45, 2.75) is 24.9 Å². The second-order valence-corrected chi connectivity index (χ2v) is 7.72. The number of carbonyl (C=O) groups excluding carboxylic acids is 2. The van der Waals surface area contributed by atoms with Crippen molar-refractivity contribution in [1.82, 2.24) is 15.2 Å². The maximum Gasteiger partial charge on any atom is 0.254 e. The van der Waals surface area contributed by atoms with Gasteiger partial charge in [-0.3, -0.25) is 14.6 Å². The summed E-state index contributed by atoms with van der Waals surface area (Å²) in [7, 11) is 0. The van der Waals surface area contributed by atoms with Crippen LogP contribution in [0.25, 0.3) is 10.9 Å². The quantitative estimate of drug-likeness (QED) is 0.769. The molecule has 0 spiro atoms. The molecule has 0 radical (unpaired) electrons. The van der Waals surface area contributed by atoms with Crippen molar-refractivity contribution in [2.75, 3.05) is 6.54 Å². The molecule has 2 aromatic carbocycles. The molecular weight excluding hydrogens is 350 g/mol. The zero-order valence-electron chi connectivity index (χ0n) is 15.4. The van der Waals surface area contributed by atoms with Crippen molar-refractivity contribution in [3.05, 3.63) is 78.0 Å². The van der Waals surface area contributed by atoms with E-state index < -0.39 is 0 Å². The van der Waals surface area contributed by atoms with Crippen LogP contribution in [0.2, 0.25) is 0 Å². The molecule has 2 fully saturated rings. The summed E-state index contributed by atoms with van der Waals surface area (Å²) in [6, 6.07) is 18.8. The highest BCUT2D eigenvalue weighted by molar-refractivity contribution is 5.98. The van der Waals surface area contributed by atoms with Crippen LogP contribution in [-0.4, -0.2) is 40.3 Å². The van der Waals surface area contributed by atoms with Crippen LogP contribution in [0, 0.1) is 5.92 Å². The van der Waals surface area contributed by atoms with Crippen LogP contribution in [-0.2, 0) is 0 Å². The average molecular weight is 371 g/mol. The van der Waals surface area contributed by atoms with Crippen molar-refractivity contribution in [3.63, 3.8) is 0 Å². The molecule has 140 valence electrons. The van der Waals surface area contributed by atoms with E-state index >= 15 is 0 Å². The monoisotopic (exact) mass is 371 g/mol. The first-order valence-electron chi connectivity index (χ1n) is 9.71. The van der Waals surface area contributed by atoms with Crippen molar-refractivity contribution in [1.29, 1.82) is 0 Å². The number of carbonyl (C=O) groups is 2. The third kappa shape index (κ3) is 2.93. The SMILES string of the molecule is O=C(N[C@H]1C[C@@H]2C[C@H]1N(C(=O)c1ccc3ncccc3c1)C2)c1ccccc1. The number of hydrogen-bond donors (Lipinski definition) is 1. The molecule has 2 amide bonds. The molecule has 2 aliphatic rings. The molecule has 1 N–H and O–H groups in total. The Labute approximate surface area is 163 Å². The number of benzene rings is 2. The van der Waals surface area contributed by atoms with Gasteiger partial charge in [0.1, 0.15) is 0 Å². The largest absolute Gasteiger partial charge is 0.347 e. The molecular formula is C23H21N3O2. The Bertz CT molecular complexity index is 1050. The number of piperidine rings is 1. The second kappa shape index (κ2) is 6.75. The van der Waals surface area contributed by atoms with E-state index in [-0.39, 0.29) is 23.9 Å². The highest BCUT2D eigenvalue weighted by Crippen LogP contribution is 2.38. The second-order valence-electron chi connectivity index (χ2n) is 7.72. The third-order valence-corrected chi connectivity index (χ3v) is 5.95. The predicted molar refractivity (Wildman–Crippen MR) is 107 cm³/mol. The fraction of sp³-hybridized carbons (Fsp3) is 0.261. The van der Waals surface area contributed by atoms with Crippen molar-refractivity contribution < 1.29 is 9.59 Å². The van der Waals surface area contributed by atoms with E-state index in [1.54, 1.807) is 6.20 Å². The standard InChI is InChI=1S/C23H21N3O2/c27-22(16-5-2-1-3-6-16)25-20-11-15-12-21(20)26(14-15)23(28)18-8-9-19-17(13-18)7-4-10-24-19/h1-10,13,15,20-21H,11-12,14H2,(H,25,27)/t15-,20+,21-/m1/s1. The summed E-state index contributed by atoms with van der Waals surface area (Å²) in [5.41, 5.74) is 2.22. The van der Waals surface area contributed by atoms with Gasteiger partial charge >= 0.3 is 0 Å². The van der Waals surface area contributed by atoms with Crippen LogP contribution in [0.1, 0.15) is 33.6 Å². The number of amides is 2. The Morgan fingerprint density at radius 3 is 2.64 bits per heavy atom. The van der Waals surface area contributed by atoms with E-state index in [1.165, 1.54) is 0 Å². The van der Waals surface area contributed by atoms with Crippen LogP contribution < -0.4 is 5.32 Å². The predicted octanol–water partition coefficient (Wildman–Crippen LogP) is 3.27. The van der Waals surface area contributed by atoms with Crippen LogP contribution in [0.4, 0.5) is 0 Å². The molecule has 1 aliphatic heterocycles. The molecule has 5 nitrogen and oxygen atoms in total. The van der Waals surface area contributed by atoms with Crippen LogP contribution >= 0.6 is 0 Å². The minimum Gasteiger partial charge on any atom is -0.347 e. The smallest absolute Gasteiger partial charge is 0.254 e. The van der Waals surface area contributed by atoms with E-state index in [0.717, 1.165) is 30.3 Å². The van der Waals surface area contributed by atoms with E-state index in [2.05, 4.69) is 10.3 Å². The lowest BCUT2D eigenvalue weighted by atomic mass is 10.0. The summed E-state index contributed by atoms with van der Waals surface area (Å²) in [5, 5.41) is 4.11. The van der Waals surface area contributed by atoms with Gasteiger partial charge in [0.05, 0.1) is 11.6 Å². The number of fused-ring (bicyclic) bond motifs is 3. The van der Waals surface area contributed by atoms with Crippen molar-refractivity contribution in [2.24, 2.45) is 5.92 Å². The lowest BCUT2D eigenvalue weighted by molar-refractivity contribution is 0.0648. The van der Waals surface area contributed by atoms with Gasteiger partial charge in [-0.05, 0) is 55.2 Å². The summed E-state index contributed by atoms with van der Waals surface area (Å²) in [6.07, 6.45) is 3.65. The maximum absolute atomic E-state index is 13.2. The van der Waals surface area contributed by atoms with E-state index in [9.17, 15) is 9.59 Å². The molecule has 5 rings (SSSR count). The number of rotatable bonds is 3. The summed E-state index contributed by atoms with van der Waals surface area (Å²) < 4.78 is 0. The number of nitrogens with one attached hydrogen (secondary N) is 1. The van der Waals surface area contributed by atoms with Gasteiger partial charge in [0.25, 0.3) is 11.8 Å². The summed E-state index contributed by atoms with van der Waals surface area (Å²) in [6.45, 7) is 0.770. The van der Waals surface area contributed by atoms with Gasteiger partial charge in [-0.1, -0.05) is 24.3 Å². The first-order valence-corrected chi connectivity index (χ1v) is 9.71. The lowest BCUT2D eigenvalue weighted by Crippen LogP contribution is -2.51. The molecule has 1 aromatic heterocycles. The van der Waals surface area contributed by atoms with Gasteiger partial charge in [0.2, 0.25) is 0 Å². The van der Waals surface area contributed by atoms with Crippen LogP contribution in [0.15, 0.2) is 66.9 Å². The fourth-order valence-corrected chi connectivity index (χ4v) is 4.63. The third-order valence-electron chi connectivity index (χ3n) is 5.95. The van der Waals surface area contributed by atoms with Crippen LogP contribution in [0.3, 0.4) is 0 Å². The molecule has 0 unspecified atom stereocenters. The van der Waals surface area contributed by atoms with Crippen molar-refractivity contribution in [3.8, 4) is 0 Å². The Hall–Kier alpha value is -3.21. The molecule has 3 aromatic rings. The lowest BCUT2D eigenvalue weighted by Gasteiger charge is -2.34. The van der Waals surface area contributed by atoms with Gasteiger partial charge in [0, 0.05) is 35.3 Å². The molecule has 1 aliphatic carbocycles. The summed E-state index contributed by atoms with van der Waals surface area (Å²) in [4.78, 5) is 32.0. The van der Waals surface area contributed by atoms with Gasteiger partial charge < -0.3 is 10.2 Å². The topological polar surface area (TPSA) is 62.3 Å². The first kappa shape index (κ1) is 16.9. The Morgan fingerprint density at radius 1 is 0.964 bits per heavy atom. The fourth-order valence-electron chi connectivity index (χ4n) is 4.63. The highest BCUT2D eigenvalue weighted by Gasteiger charge is 2.47. The Morgan fingerprint density at radius 2 is 1.82 bits per heavy atom. The average Bonchev–Trinajstić information content (AvgIpc) is 3.34. The molecule has 28 heavy (non-hydrogen) atoms. The normalized spacial score (nSPS) is 23.1. The van der Waals surface area contributed by atoms with Gasteiger partial charge in [-0.25, -0.2) is 0 Å². The highest BCUT2D eigenvalue weighted by atomic mass is 16.2. The minimum atomic E-state index is -0.0673. The molecule has 1 saturated heterocycles. The summed E-state index contributed by atoms with van der Waals surface area (Å²) in [5.74, 6) is 0.427. The van der Waals surface area contributed by atoms with Gasteiger partial charge in [-0.15, -0.1) is 0 Å². The summed E-state index contributed by atoms with van der Waals surface area (Å²) >= 11 is 0. The van der Waals surface area contributed by atoms with Gasteiger partial charge in [-0.2, -0.15) is 0 Å². The molecule has 2 bridgehead atoms. The number of hydrogen-bond acceptors (Lipinski definition) is 3. The molecule has 2 heterocycles. The first-order chi connectivity index (χ1) is 13.7. The zero-order valence-corrected chi connectivity index (χ0v) is 15.4. The van der Waals surface area contributed by atoms with E-state index in [1.807, 2.05) is 65.6 Å². The number of nitrogens with zero attached hydrogens (tertiary/aromatic N) is 2. The van der Waals surface area contributed by atoms with Crippen LogP contribution in [0.5, 0.6) is 0 Å². The number of aromatic nitrogens is 1. The van der Waals surface area contributed by atoms with Crippen molar-refractivity contribution >= 4 is 22.7 Å². The Balaban J connectivity index is 1.34. The molecule has 3 atom stereocenters. The Kier molecular flexibility index (Phi) is 4.08. The van der Waals surface area contributed by atoms with E-state index in [0.29, 0.717) is 17.0 Å². The number of likely N-dealkylation sites (tertiary alicyclic amines) is 1. The number of pyridine rings is 1. The van der Waals surface area contributed by atoms with E-state index in [4.69, 9.17) is 0 Å². The molecule has 5 heteroatoms. The maximum atomic E-state index is 13.2. The van der Waals surface area contributed by atoms with Gasteiger partial charge in [0.15, 0.2) is 0 Å².